The maximum absolute atomic E-state index is 12.0. The van der Waals surface area contributed by atoms with Crippen molar-refractivity contribution in [1.82, 2.24) is 9.97 Å². The topological polar surface area (TPSA) is 73.4 Å². The number of ether oxygens (including phenoxy) is 3. The van der Waals surface area contributed by atoms with Crippen LogP contribution in [0.4, 0.5) is 0 Å². The Kier molecular flexibility index (Phi) is 3.59. The molecule has 0 fully saturated rings. The molecule has 0 atom stereocenters. The number of rotatable bonds is 3. The third-order valence-corrected chi connectivity index (χ3v) is 4.02. The second-order valence-electron chi connectivity index (χ2n) is 4.44. The lowest BCUT2D eigenvalue weighted by atomic mass is 10.1. The summed E-state index contributed by atoms with van der Waals surface area (Å²) in [6.07, 6.45) is 0.652. The van der Waals surface area contributed by atoms with Crippen LogP contribution in [0.25, 0.3) is 11.4 Å². The van der Waals surface area contributed by atoms with Crippen LogP contribution in [-0.2, 0) is 6.42 Å². The summed E-state index contributed by atoms with van der Waals surface area (Å²) in [4.78, 5) is 19.2. The van der Waals surface area contributed by atoms with E-state index in [-0.39, 0.29) is 12.4 Å². The van der Waals surface area contributed by atoms with Crippen LogP contribution >= 0.6 is 15.9 Å². The van der Waals surface area contributed by atoms with Crippen LogP contribution in [0.5, 0.6) is 17.2 Å². The predicted molar refractivity (Wildman–Crippen MR) is 80.0 cm³/mol. The van der Waals surface area contributed by atoms with Crippen molar-refractivity contribution in [2.75, 3.05) is 13.9 Å². The van der Waals surface area contributed by atoms with Crippen LogP contribution in [-0.4, -0.2) is 23.9 Å². The quantitative estimate of drug-likeness (QED) is 0.918. The largest absolute Gasteiger partial charge is 0.493 e. The molecule has 0 saturated heterocycles. The summed E-state index contributed by atoms with van der Waals surface area (Å²) in [5.41, 5.74) is 1.19. The molecule has 0 aliphatic carbocycles. The van der Waals surface area contributed by atoms with E-state index in [0.29, 0.717) is 45.2 Å². The average molecular weight is 353 g/mol. The maximum Gasteiger partial charge on any atom is 0.265 e. The molecule has 21 heavy (non-hydrogen) atoms. The van der Waals surface area contributed by atoms with Crippen molar-refractivity contribution >= 4 is 15.9 Å². The Labute approximate surface area is 129 Å². The van der Waals surface area contributed by atoms with Crippen LogP contribution in [0.2, 0.25) is 0 Å². The third kappa shape index (κ3) is 2.37. The number of fused-ring (bicyclic) bond motifs is 1. The molecule has 0 spiro atoms. The van der Waals surface area contributed by atoms with Crippen LogP contribution in [0.15, 0.2) is 21.4 Å². The van der Waals surface area contributed by atoms with Crippen LogP contribution in [0, 0.1) is 0 Å². The zero-order chi connectivity index (χ0) is 15.0. The highest BCUT2D eigenvalue weighted by Gasteiger charge is 2.21. The summed E-state index contributed by atoms with van der Waals surface area (Å²) in [6, 6.07) is 3.54. The molecule has 2 aromatic rings. The first kappa shape index (κ1) is 13.9. The number of hydrogen-bond donors (Lipinski definition) is 1. The summed E-state index contributed by atoms with van der Waals surface area (Å²) >= 11 is 3.25. The summed E-state index contributed by atoms with van der Waals surface area (Å²) in [5, 5.41) is 0. The molecule has 6 nitrogen and oxygen atoms in total. The highest BCUT2D eigenvalue weighted by atomic mass is 79.9. The Hall–Kier alpha value is -2.02. The number of aromatic amines is 1. The van der Waals surface area contributed by atoms with E-state index >= 15 is 0 Å². The van der Waals surface area contributed by atoms with Gasteiger partial charge in [-0.2, -0.15) is 0 Å². The molecule has 1 aliphatic rings. The van der Waals surface area contributed by atoms with E-state index in [9.17, 15) is 4.79 Å². The molecule has 2 heterocycles. The lowest BCUT2D eigenvalue weighted by molar-refractivity contribution is 0.171. The molecule has 3 rings (SSSR count). The Balaban J connectivity index is 2.17. The van der Waals surface area contributed by atoms with Crippen molar-refractivity contribution in [1.29, 1.82) is 0 Å². The molecule has 1 aliphatic heterocycles. The van der Waals surface area contributed by atoms with Gasteiger partial charge in [0.1, 0.15) is 10.3 Å². The van der Waals surface area contributed by atoms with E-state index in [0.717, 1.165) is 0 Å². The summed E-state index contributed by atoms with van der Waals surface area (Å²) in [7, 11) is 1.55. The van der Waals surface area contributed by atoms with Gasteiger partial charge < -0.3 is 19.2 Å². The number of aryl methyl sites for hydroxylation is 1. The summed E-state index contributed by atoms with van der Waals surface area (Å²) < 4.78 is 16.5. The monoisotopic (exact) mass is 352 g/mol. The smallest absolute Gasteiger partial charge is 0.265 e. The number of benzene rings is 1. The molecule has 1 aromatic carbocycles. The second kappa shape index (κ2) is 5.40. The molecule has 0 unspecified atom stereocenters. The minimum absolute atomic E-state index is 0.152. The highest BCUT2D eigenvalue weighted by Crippen LogP contribution is 2.43. The van der Waals surface area contributed by atoms with Gasteiger partial charge in [0.2, 0.25) is 12.5 Å². The van der Waals surface area contributed by atoms with Gasteiger partial charge in [-0.15, -0.1) is 0 Å². The number of hydrogen-bond acceptors (Lipinski definition) is 5. The molecule has 110 valence electrons. The van der Waals surface area contributed by atoms with Crippen LogP contribution in [0.3, 0.4) is 0 Å². The standard InChI is InChI=1S/C14H13BrN2O4/c1-3-8-11(15)14(18)17-13(16-8)7-4-9(19-2)12-10(5-7)20-6-21-12/h4-5H,3,6H2,1-2H3,(H,16,17,18). The second-order valence-corrected chi connectivity index (χ2v) is 5.23. The minimum Gasteiger partial charge on any atom is -0.493 e. The van der Waals surface area contributed by atoms with E-state index < -0.39 is 0 Å². The zero-order valence-electron chi connectivity index (χ0n) is 11.5. The Morgan fingerprint density at radius 1 is 1.43 bits per heavy atom. The zero-order valence-corrected chi connectivity index (χ0v) is 13.1. The van der Waals surface area contributed by atoms with Gasteiger partial charge in [-0.05, 0) is 34.5 Å². The average Bonchev–Trinajstić information content (AvgIpc) is 2.97. The Morgan fingerprint density at radius 2 is 2.24 bits per heavy atom. The number of nitrogens with zero attached hydrogens (tertiary/aromatic N) is 1. The van der Waals surface area contributed by atoms with Crippen LogP contribution in [0.1, 0.15) is 12.6 Å². The van der Waals surface area contributed by atoms with E-state index in [1.54, 1.807) is 19.2 Å². The first-order chi connectivity index (χ1) is 10.1. The van der Waals surface area contributed by atoms with Crippen molar-refractivity contribution in [3.8, 4) is 28.6 Å². The molecule has 7 heteroatoms. The molecular formula is C14H13BrN2O4. The fourth-order valence-corrected chi connectivity index (χ4v) is 2.61. The van der Waals surface area contributed by atoms with Crippen molar-refractivity contribution in [2.24, 2.45) is 0 Å². The number of nitrogens with one attached hydrogen (secondary N) is 1. The normalized spacial score (nSPS) is 12.5. The number of aromatic nitrogens is 2. The first-order valence-electron chi connectivity index (χ1n) is 6.40. The van der Waals surface area contributed by atoms with Gasteiger partial charge in [0.25, 0.3) is 5.56 Å². The Morgan fingerprint density at radius 3 is 2.95 bits per heavy atom. The Bertz CT molecular complexity index is 757. The fraction of sp³-hybridized carbons (Fsp3) is 0.286. The SMILES string of the molecule is CCc1nc(-c2cc(OC)c3c(c2)OCO3)[nH]c(=O)c1Br. The van der Waals surface area contributed by atoms with Gasteiger partial charge in [-0.1, -0.05) is 6.92 Å². The third-order valence-electron chi connectivity index (χ3n) is 3.20. The van der Waals surface area contributed by atoms with E-state index in [1.165, 1.54) is 0 Å². The molecular weight excluding hydrogens is 340 g/mol. The van der Waals surface area contributed by atoms with E-state index in [4.69, 9.17) is 14.2 Å². The van der Waals surface area contributed by atoms with Crippen molar-refractivity contribution < 1.29 is 14.2 Å². The lowest BCUT2D eigenvalue weighted by Crippen LogP contribution is -2.13. The van der Waals surface area contributed by atoms with Gasteiger partial charge in [0, 0.05) is 5.56 Å². The summed E-state index contributed by atoms with van der Waals surface area (Å²) in [5.74, 6) is 2.16. The van der Waals surface area contributed by atoms with Crippen molar-refractivity contribution in [2.45, 2.75) is 13.3 Å². The first-order valence-corrected chi connectivity index (χ1v) is 7.20. The van der Waals surface area contributed by atoms with E-state index in [2.05, 4.69) is 25.9 Å². The van der Waals surface area contributed by atoms with Crippen LogP contribution < -0.4 is 19.8 Å². The summed E-state index contributed by atoms with van der Waals surface area (Å²) in [6.45, 7) is 2.09. The van der Waals surface area contributed by atoms with Gasteiger partial charge in [0.15, 0.2) is 11.5 Å². The molecule has 0 bridgehead atoms. The predicted octanol–water partition coefficient (Wildman–Crippen LogP) is 2.50. The van der Waals surface area contributed by atoms with Crippen molar-refractivity contribution in [3.63, 3.8) is 0 Å². The number of halogens is 1. The number of H-pyrrole nitrogens is 1. The lowest BCUT2D eigenvalue weighted by Gasteiger charge is -2.09. The fourth-order valence-electron chi connectivity index (χ4n) is 2.14. The van der Waals surface area contributed by atoms with Gasteiger partial charge in [0.05, 0.1) is 12.8 Å². The highest BCUT2D eigenvalue weighted by molar-refractivity contribution is 9.10. The van der Waals surface area contributed by atoms with Gasteiger partial charge >= 0.3 is 0 Å². The number of methoxy groups -OCH3 is 1. The molecule has 1 aromatic heterocycles. The molecule has 1 N–H and O–H groups in total. The maximum atomic E-state index is 12.0. The van der Waals surface area contributed by atoms with Gasteiger partial charge in [-0.3, -0.25) is 4.79 Å². The minimum atomic E-state index is -0.214. The van der Waals surface area contributed by atoms with E-state index in [1.807, 2.05) is 6.92 Å². The molecule has 0 radical (unpaired) electrons. The molecule has 0 saturated carbocycles. The van der Waals surface area contributed by atoms with Crippen molar-refractivity contribution in [3.05, 3.63) is 32.7 Å². The molecule has 0 amide bonds. The van der Waals surface area contributed by atoms with Gasteiger partial charge in [-0.25, -0.2) is 4.98 Å².